The van der Waals surface area contributed by atoms with Crippen molar-refractivity contribution in [1.29, 1.82) is 0 Å². The third-order valence-electron chi connectivity index (χ3n) is 4.89. The quantitative estimate of drug-likeness (QED) is 0.826. The van der Waals surface area contributed by atoms with E-state index in [0.29, 0.717) is 30.0 Å². The molecular weight excluding hydrogens is 362 g/mol. The van der Waals surface area contributed by atoms with Gasteiger partial charge >= 0.3 is 0 Å². The highest BCUT2D eigenvalue weighted by Crippen LogP contribution is 2.25. The van der Waals surface area contributed by atoms with Crippen LogP contribution in [-0.4, -0.2) is 42.7 Å². The third-order valence-corrected chi connectivity index (χ3v) is 6.92. The fourth-order valence-corrected chi connectivity index (χ4v) is 5.01. The number of hydrogen-bond donors (Lipinski definition) is 1. The summed E-state index contributed by atoms with van der Waals surface area (Å²) < 4.78 is 27.3. The van der Waals surface area contributed by atoms with E-state index in [0.717, 1.165) is 24.8 Å². The van der Waals surface area contributed by atoms with Gasteiger partial charge in [0.1, 0.15) is 0 Å². The van der Waals surface area contributed by atoms with Crippen LogP contribution in [0.2, 0.25) is 0 Å². The molecule has 2 aromatic rings. The van der Waals surface area contributed by atoms with Crippen molar-refractivity contribution in [3.05, 3.63) is 59.9 Å². The summed E-state index contributed by atoms with van der Waals surface area (Å²) >= 11 is 0. The Hall–Kier alpha value is -2.25. The molecule has 1 aromatic carbocycles. The number of aromatic nitrogens is 1. The molecule has 0 bridgehead atoms. The summed E-state index contributed by atoms with van der Waals surface area (Å²) in [6, 6.07) is 10.4. The molecule has 7 heteroatoms. The van der Waals surface area contributed by atoms with Crippen LogP contribution in [0, 0.1) is 0 Å². The summed E-state index contributed by atoms with van der Waals surface area (Å²) in [6.07, 6.45) is 6.68. The molecule has 0 aliphatic carbocycles. The number of carbonyl (C=O) groups excluding carboxylic acids is 1. The lowest BCUT2D eigenvalue weighted by Gasteiger charge is -2.32. The van der Waals surface area contributed by atoms with Crippen molar-refractivity contribution in [2.24, 2.45) is 0 Å². The van der Waals surface area contributed by atoms with Gasteiger partial charge in [0.25, 0.3) is 5.91 Å². The maximum atomic E-state index is 12.8. The van der Waals surface area contributed by atoms with Crippen molar-refractivity contribution >= 4 is 15.9 Å². The van der Waals surface area contributed by atoms with E-state index >= 15 is 0 Å². The van der Waals surface area contributed by atoms with Crippen LogP contribution in [0.25, 0.3) is 0 Å². The molecule has 1 saturated heterocycles. The maximum absolute atomic E-state index is 12.8. The first-order valence-electron chi connectivity index (χ1n) is 9.27. The third kappa shape index (κ3) is 4.73. The first kappa shape index (κ1) is 19.5. The summed E-state index contributed by atoms with van der Waals surface area (Å²) in [6.45, 7) is 3.03. The Bertz CT molecular complexity index is 867. The van der Waals surface area contributed by atoms with Crippen LogP contribution >= 0.6 is 0 Å². The van der Waals surface area contributed by atoms with Crippen LogP contribution in [-0.2, 0) is 16.4 Å². The number of sulfonamides is 1. The minimum atomic E-state index is -3.44. The lowest BCUT2D eigenvalue weighted by molar-refractivity contribution is 0.0953. The zero-order valence-corrected chi connectivity index (χ0v) is 16.3. The molecule has 3 rings (SSSR count). The highest BCUT2D eigenvalue weighted by molar-refractivity contribution is 7.89. The van der Waals surface area contributed by atoms with Crippen molar-refractivity contribution in [1.82, 2.24) is 14.6 Å². The number of hydrogen-bond acceptors (Lipinski definition) is 4. The van der Waals surface area contributed by atoms with Crippen LogP contribution in [0.4, 0.5) is 0 Å². The minimum absolute atomic E-state index is 0.0473. The van der Waals surface area contributed by atoms with Gasteiger partial charge in [0, 0.05) is 31.5 Å². The highest BCUT2D eigenvalue weighted by Gasteiger charge is 2.30. The van der Waals surface area contributed by atoms with Gasteiger partial charge in [-0.15, -0.1) is 0 Å². The number of nitrogens with zero attached hydrogens (tertiary/aromatic N) is 2. The first-order chi connectivity index (χ1) is 13.0. The summed E-state index contributed by atoms with van der Waals surface area (Å²) in [5.74, 6) is -0.165. The zero-order chi connectivity index (χ0) is 19.3. The topological polar surface area (TPSA) is 79.4 Å². The second kappa shape index (κ2) is 8.63. The maximum Gasteiger partial charge on any atom is 0.252 e. The van der Waals surface area contributed by atoms with Crippen LogP contribution in [0.5, 0.6) is 0 Å². The van der Waals surface area contributed by atoms with Crippen molar-refractivity contribution in [3.63, 3.8) is 0 Å². The summed E-state index contributed by atoms with van der Waals surface area (Å²) in [5.41, 5.74) is 1.50. The van der Waals surface area contributed by atoms with Gasteiger partial charge in [-0.05, 0) is 56.0 Å². The van der Waals surface area contributed by atoms with Crippen LogP contribution in [0.15, 0.2) is 53.7 Å². The fourth-order valence-electron chi connectivity index (χ4n) is 3.31. The van der Waals surface area contributed by atoms with E-state index in [1.54, 1.807) is 34.8 Å². The molecule has 1 N–H and O–H groups in total. The van der Waals surface area contributed by atoms with E-state index in [2.05, 4.69) is 10.3 Å². The normalized spacial score (nSPS) is 18.2. The number of piperidine rings is 1. The van der Waals surface area contributed by atoms with Gasteiger partial charge < -0.3 is 5.32 Å². The fraction of sp³-hybridized carbons (Fsp3) is 0.400. The van der Waals surface area contributed by atoms with Gasteiger partial charge in [-0.2, -0.15) is 4.31 Å². The number of nitrogens with one attached hydrogen (secondary N) is 1. The van der Waals surface area contributed by atoms with Crippen LogP contribution in [0.1, 0.15) is 42.1 Å². The van der Waals surface area contributed by atoms with E-state index in [4.69, 9.17) is 0 Å². The predicted molar refractivity (Wildman–Crippen MR) is 104 cm³/mol. The molecule has 27 heavy (non-hydrogen) atoms. The molecule has 1 fully saturated rings. The van der Waals surface area contributed by atoms with Crippen LogP contribution < -0.4 is 5.32 Å². The molecule has 1 amide bonds. The second-order valence-corrected chi connectivity index (χ2v) is 8.74. The monoisotopic (exact) mass is 387 g/mol. The lowest BCUT2D eigenvalue weighted by Crippen LogP contribution is -2.41. The molecule has 1 aromatic heterocycles. The van der Waals surface area contributed by atoms with E-state index < -0.39 is 10.0 Å². The van der Waals surface area contributed by atoms with E-state index in [-0.39, 0.29) is 11.9 Å². The number of benzene rings is 1. The van der Waals surface area contributed by atoms with E-state index in [1.807, 2.05) is 19.1 Å². The van der Waals surface area contributed by atoms with Crippen molar-refractivity contribution in [3.8, 4) is 0 Å². The standard InChI is InChI=1S/C20H25N3O3S/c1-16-5-2-3-14-23(16)27(25,26)19-9-7-17(8-10-19)11-13-22-20(24)18-6-4-12-21-15-18/h4,6-10,12,15-16H,2-3,5,11,13-14H2,1H3,(H,22,24). The first-order valence-corrected chi connectivity index (χ1v) is 10.7. The van der Waals surface area contributed by atoms with Crippen LogP contribution in [0.3, 0.4) is 0 Å². The predicted octanol–water partition coefficient (Wildman–Crippen LogP) is 2.62. The molecule has 1 aliphatic rings. The Balaban J connectivity index is 1.58. The molecule has 0 radical (unpaired) electrons. The average Bonchev–Trinajstić information content (AvgIpc) is 2.69. The second-order valence-electron chi connectivity index (χ2n) is 6.85. The molecular formula is C20H25N3O3S. The van der Waals surface area contributed by atoms with Gasteiger partial charge in [0.05, 0.1) is 10.5 Å². The molecule has 6 nitrogen and oxygen atoms in total. The number of pyridine rings is 1. The van der Waals surface area contributed by atoms with Gasteiger partial charge in [0.2, 0.25) is 10.0 Å². The molecule has 1 unspecified atom stereocenters. The van der Waals surface area contributed by atoms with Crippen molar-refractivity contribution in [2.45, 2.75) is 43.5 Å². The van der Waals surface area contributed by atoms with Gasteiger partial charge in [-0.1, -0.05) is 18.6 Å². The Labute approximate surface area is 160 Å². The summed E-state index contributed by atoms with van der Waals surface area (Å²) in [4.78, 5) is 16.2. The van der Waals surface area contributed by atoms with Gasteiger partial charge in [0.15, 0.2) is 0 Å². The van der Waals surface area contributed by atoms with E-state index in [9.17, 15) is 13.2 Å². The van der Waals surface area contributed by atoms with Crippen molar-refractivity contribution in [2.75, 3.05) is 13.1 Å². The molecule has 0 saturated carbocycles. The number of rotatable bonds is 6. The smallest absolute Gasteiger partial charge is 0.252 e. The number of carbonyl (C=O) groups is 1. The molecule has 2 heterocycles. The minimum Gasteiger partial charge on any atom is -0.352 e. The Morgan fingerprint density at radius 2 is 2.00 bits per heavy atom. The number of amides is 1. The molecule has 1 atom stereocenters. The SMILES string of the molecule is CC1CCCCN1S(=O)(=O)c1ccc(CCNC(=O)c2cccnc2)cc1. The van der Waals surface area contributed by atoms with E-state index in [1.165, 1.54) is 6.20 Å². The largest absolute Gasteiger partial charge is 0.352 e. The Morgan fingerprint density at radius 1 is 1.22 bits per heavy atom. The summed E-state index contributed by atoms with van der Waals surface area (Å²) in [5, 5.41) is 2.84. The lowest BCUT2D eigenvalue weighted by atomic mass is 10.1. The van der Waals surface area contributed by atoms with Crippen molar-refractivity contribution < 1.29 is 13.2 Å². The van der Waals surface area contributed by atoms with Gasteiger partial charge in [-0.3, -0.25) is 9.78 Å². The molecule has 0 spiro atoms. The molecule has 1 aliphatic heterocycles. The Morgan fingerprint density at radius 3 is 2.67 bits per heavy atom. The zero-order valence-electron chi connectivity index (χ0n) is 15.5. The molecule has 144 valence electrons. The summed E-state index contributed by atoms with van der Waals surface area (Å²) in [7, 11) is -3.44. The van der Waals surface area contributed by atoms with Gasteiger partial charge in [-0.25, -0.2) is 8.42 Å². The Kier molecular flexibility index (Phi) is 6.23. The highest BCUT2D eigenvalue weighted by atomic mass is 32.2. The average molecular weight is 388 g/mol.